The lowest BCUT2D eigenvalue weighted by atomic mass is 10.2. The standard InChI is InChI=1S/C6H9N3O/c1-9-4-2-3-5(8-9)6(7)10/h2,4H,3H2,1H3,(H2,7,10). The Bertz CT molecular complexity index is 207. The van der Waals surface area contributed by atoms with Crippen molar-refractivity contribution in [1.29, 1.82) is 0 Å². The number of allylic oxidation sites excluding steroid dienone is 1. The average Bonchev–Trinajstić information content (AvgIpc) is 1.88. The second kappa shape index (κ2) is 2.51. The minimum Gasteiger partial charge on any atom is -0.364 e. The first-order valence-corrected chi connectivity index (χ1v) is 2.97. The molecule has 0 saturated heterocycles. The molecular formula is C6H9N3O. The maximum Gasteiger partial charge on any atom is 0.265 e. The third-order valence-corrected chi connectivity index (χ3v) is 1.20. The Balaban J connectivity index is 2.71. The number of carbonyl (C=O) groups is 1. The molecule has 0 bridgehead atoms. The van der Waals surface area contributed by atoms with Gasteiger partial charge in [-0.25, -0.2) is 0 Å². The third kappa shape index (κ3) is 1.34. The van der Waals surface area contributed by atoms with Gasteiger partial charge in [0.1, 0.15) is 5.71 Å². The van der Waals surface area contributed by atoms with E-state index in [1.54, 1.807) is 18.3 Å². The molecule has 0 saturated carbocycles. The topological polar surface area (TPSA) is 58.7 Å². The van der Waals surface area contributed by atoms with Gasteiger partial charge in [0, 0.05) is 19.7 Å². The summed E-state index contributed by atoms with van der Waals surface area (Å²) in [6.45, 7) is 0. The molecule has 0 aliphatic carbocycles. The zero-order chi connectivity index (χ0) is 7.56. The van der Waals surface area contributed by atoms with Gasteiger partial charge in [-0.1, -0.05) is 6.08 Å². The van der Waals surface area contributed by atoms with Crippen LogP contribution in [0, 0.1) is 0 Å². The van der Waals surface area contributed by atoms with E-state index >= 15 is 0 Å². The van der Waals surface area contributed by atoms with Gasteiger partial charge in [0.25, 0.3) is 5.91 Å². The highest BCUT2D eigenvalue weighted by molar-refractivity contribution is 6.38. The Kier molecular flexibility index (Phi) is 1.71. The molecule has 4 heteroatoms. The Morgan fingerprint density at radius 1 is 1.90 bits per heavy atom. The number of carbonyl (C=O) groups excluding carboxylic acids is 1. The minimum absolute atomic E-state index is 0.407. The first kappa shape index (κ1) is 6.80. The fraction of sp³-hybridized carbons (Fsp3) is 0.333. The van der Waals surface area contributed by atoms with Crippen molar-refractivity contribution >= 4 is 11.6 Å². The van der Waals surface area contributed by atoms with Gasteiger partial charge >= 0.3 is 0 Å². The molecule has 0 atom stereocenters. The lowest BCUT2D eigenvalue weighted by Gasteiger charge is -2.12. The lowest BCUT2D eigenvalue weighted by Crippen LogP contribution is -2.26. The van der Waals surface area contributed by atoms with Crippen molar-refractivity contribution in [3.05, 3.63) is 12.3 Å². The summed E-state index contributed by atoms with van der Waals surface area (Å²) in [4.78, 5) is 10.5. The summed E-state index contributed by atoms with van der Waals surface area (Å²) in [6.07, 6.45) is 4.17. The number of nitrogens with zero attached hydrogens (tertiary/aromatic N) is 2. The number of hydrogen-bond donors (Lipinski definition) is 1. The monoisotopic (exact) mass is 139 g/mol. The Morgan fingerprint density at radius 2 is 2.60 bits per heavy atom. The van der Waals surface area contributed by atoms with Gasteiger partial charge in [-0.3, -0.25) is 9.80 Å². The molecule has 2 N–H and O–H groups in total. The fourth-order valence-corrected chi connectivity index (χ4v) is 0.731. The zero-order valence-electron chi connectivity index (χ0n) is 5.74. The molecule has 1 rings (SSSR count). The summed E-state index contributed by atoms with van der Waals surface area (Å²) in [6, 6.07) is 0. The Morgan fingerprint density at radius 3 is 3.00 bits per heavy atom. The van der Waals surface area contributed by atoms with Crippen LogP contribution in [0.5, 0.6) is 0 Å². The third-order valence-electron chi connectivity index (χ3n) is 1.20. The maximum atomic E-state index is 10.5. The molecule has 1 heterocycles. The van der Waals surface area contributed by atoms with Crippen molar-refractivity contribution in [2.45, 2.75) is 6.42 Å². The first-order valence-electron chi connectivity index (χ1n) is 2.97. The SMILES string of the molecule is CN1C=CCC(C(N)=O)=N1. The lowest BCUT2D eigenvalue weighted by molar-refractivity contribution is -0.112. The van der Waals surface area contributed by atoms with E-state index in [2.05, 4.69) is 5.10 Å². The van der Waals surface area contributed by atoms with E-state index in [1.165, 1.54) is 0 Å². The number of hydrogen-bond acceptors (Lipinski definition) is 3. The predicted molar refractivity (Wildman–Crippen MR) is 38.1 cm³/mol. The van der Waals surface area contributed by atoms with Gasteiger partial charge < -0.3 is 5.73 Å². The van der Waals surface area contributed by atoms with Crippen LogP contribution in [-0.4, -0.2) is 23.7 Å². The molecular weight excluding hydrogens is 130 g/mol. The van der Waals surface area contributed by atoms with Gasteiger partial charge in [0.05, 0.1) is 0 Å². The molecule has 0 aromatic carbocycles. The van der Waals surface area contributed by atoms with Gasteiger partial charge in [-0.15, -0.1) is 0 Å². The second-order valence-corrected chi connectivity index (χ2v) is 2.07. The van der Waals surface area contributed by atoms with Crippen molar-refractivity contribution in [1.82, 2.24) is 5.01 Å². The minimum atomic E-state index is -0.448. The van der Waals surface area contributed by atoms with Crippen LogP contribution in [0.3, 0.4) is 0 Å². The van der Waals surface area contributed by atoms with Crippen LogP contribution in [0.4, 0.5) is 0 Å². The molecule has 0 radical (unpaired) electrons. The summed E-state index contributed by atoms with van der Waals surface area (Å²) >= 11 is 0. The largest absolute Gasteiger partial charge is 0.364 e. The Labute approximate surface area is 59.0 Å². The number of nitrogens with two attached hydrogens (primary N) is 1. The van der Waals surface area contributed by atoms with Crippen LogP contribution < -0.4 is 5.73 Å². The summed E-state index contributed by atoms with van der Waals surface area (Å²) in [5, 5.41) is 5.43. The molecule has 0 aromatic heterocycles. The quantitative estimate of drug-likeness (QED) is 0.541. The summed E-state index contributed by atoms with van der Waals surface area (Å²) in [5.74, 6) is -0.448. The highest BCUT2D eigenvalue weighted by Gasteiger charge is 2.08. The molecule has 10 heavy (non-hydrogen) atoms. The van der Waals surface area contributed by atoms with E-state index in [-0.39, 0.29) is 0 Å². The first-order chi connectivity index (χ1) is 4.70. The number of amides is 1. The van der Waals surface area contributed by atoms with Gasteiger partial charge in [-0.05, 0) is 0 Å². The number of rotatable bonds is 1. The summed E-state index contributed by atoms with van der Waals surface area (Å²) in [5.41, 5.74) is 5.41. The number of hydrazone groups is 1. The molecule has 0 fully saturated rings. The molecule has 0 spiro atoms. The molecule has 1 aliphatic heterocycles. The van der Waals surface area contributed by atoms with Crippen molar-refractivity contribution in [3.8, 4) is 0 Å². The van der Waals surface area contributed by atoms with E-state index in [9.17, 15) is 4.79 Å². The van der Waals surface area contributed by atoms with Crippen molar-refractivity contribution in [2.75, 3.05) is 7.05 Å². The van der Waals surface area contributed by atoms with E-state index in [0.717, 1.165) is 0 Å². The summed E-state index contributed by atoms with van der Waals surface area (Å²) in [7, 11) is 1.75. The normalized spacial score (nSPS) is 16.9. The van der Waals surface area contributed by atoms with Crippen LogP contribution in [-0.2, 0) is 4.79 Å². The van der Waals surface area contributed by atoms with Crippen LogP contribution in [0.1, 0.15) is 6.42 Å². The smallest absolute Gasteiger partial charge is 0.265 e. The highest BCUT2D eigenvalue weighted by Crippen LogP contribution is 2.00. The van der Waals surface area contributed by atoms with Crippen LogP contribution in [0.2, 0.25) is 0 Å². The molecule has 0 unspecified atom stereocenters. The molecule has 54 valence electrons. The van der Waals surface area contributed by atoms with E-state index < -0.39 is 5.91 Å². The van der Waals surface area contributed by atoms with Crippen LogP contribution >= 0.6 is 0 Å². The van der Waals surface area contributed by atoms with Crippen LogP contribution in [0.25, 0.3) is 0 Å². The van der Waals surface area contributed by atoms with Crippen molar-refractivity contribution < 1.29 is 4.79 Å². The van der Waals surface area contributed by atoms with Crippen molar-refractivity contribution in [3.63, 3.8) is 0 Å². The second-order valence-electron chi connectivity index (χ2n) is 2.07. The predicted octanol–water partition coefficient (Wildman–Crippen LogP) is -0.323. The van der Waals surface area contributed by atoms with Gasteiger partial charge in [0.15, 0.2) is 0 Å². The van der Waals surface area contributed by atoms with Gasteiger partial charge in [0.2, 0.25) is 0 Å². The zero-order valence-corrected chi connectivity index (χ0v) is 5.74. The number of primary amides is 1. The average molecular weight is 139 g/mol. The van der Waals surface area contributed by atoms with E-state index in [4.69, 9.17) is 5.73 Å². The maximum absolute atomic E-state index is 10.5. The van der Waals surface area contributed by atoms with E-state index in [1.807, 2.05) is 6.08 Å². The van der Waals surface area contributed by atoms with Crippen LogP contribution in [0.15, 0.2) is 17.4 Å². The molecule has 1 aliphatic rings. The highest BCUT2D eigenvalue weighted by atomic mass is 16.1. The van der Waals surface area contributed by atoms with Crippen molar-refractivity contribution in [2.24, 2.45) is 10.8 Å². The Hall–Kier alpha value is -1.32. The van der Waals surface area contributed by atoms with E-state index in [0.29, 0.717) is 12.1 Å². The molecule has 4 nitrogen and oxygen atoms in total. The summed E-state index contributed by atoms with van der Waals surface area (Å²) < 4.78 is 0. The molecule has 0 aromatic rings. The van der Waals surface area contributed by atoms with Gasteiger partial charge in [-0.2, -0.15) is 5.10 Å². The fourth-order valence-electron chi connectivity index (χ4n) is 0.731. The molecule has 1 amide bonds.